The van der Waals surface area contributed by atoms with Gasteiger partial charge in [0.05, 0.1) is 17.9 Å². The molecule has 0 saturated carbocycles. The van der Waals surface area contributed by atoms with E-state index in [1.807, 2.05) is 37.1 Å². The number of morpholine rings is 1. The van der Waals surface area contributed by atoms with E-state index in [2.05, 4.69) is 5.32 Å². The fraction of sp³-hybridized carbons (Fsp3) is 0.381. The maximum atomic E-state index is 14.6. The van der Waals surface area contributed by atoms with Crippen LogP contribution < -0.4 is 10.2 Å². The van der Waals surface area contributed by atoms with Crippen molar-refractivity contribution < 1.29 is 13.9 Å². The molecule has 1 N–H and O–H groups in total. The highest BCUT2D eigenvalue weighted by Gasteiger charge is 2.24. The van der Waals surface area contributed by atoms with Gasteiger partial charge in [-0.15, -0.1) is 0 Å². The van der Waals surface area contributed by atoms with E-state index in [1.54, 1.807) is 36.0 Å². The molecule has 2 aromatic carbocycles. The van der Waals surface area contributed by atoms with Crippen LogP contribution >= 0.6 is 11.8 Å². The summed E-state index contributed by atoms with van der Waals surface area (Å²) in [7, 11) is 0. The minimum absolute atomic E-state index is 0.0570. The van der Waals surface area contributed by atoms with Crippen molar-refractivity contribution in [2.24, 2.45) is 0 Å². The summed E-state index contributed by atoms with van der Waals surface area (Å²) in [5, 5.41) is 2.77. The Morgan fingerprint density at radius 2 is 1.85 bits per heavy atom. The Labute approximate surface area is 164 Å². The van der Waals surface area contributed by atoms with Crippen LogP contribution in [0.5, 0.6) is 0 Å². The predicted octanol–water partition coefficient (Wildman–Crippen LogP) is 4.55. The van der Waals surface area contributed by atoms with Gasteiger partial charge in [-0.05, 0) is 56.0 Å². The molecule has 1 fully saturated rings. The minimum Gasteiger partial charge on any atom is -0.372 e. The molecule has 2 aromatic rings. The predicted molar refractivity (Wildman–Crippen MR) is 110 cm³/mol. The number of rotatable bonds is 5. The average Bonchev–Trinajstić information content (AvgIpc) is 2.62. The lowest BCUT2D eigenvalue weighted by Crippen LogP contribution is -2.45. The van der Waals surface area contributed by atoms with Gasteiger partial charge in [0.25, 0.3) is 5.91 Å². The summed E-state index contributed by atoms with van der Waals surface area (Å²) in [4.78, 5) is 14.4. The Hall–Kier alpha value is -2.05. The van der Waals surface area contributed by atoms with Crippen LogP contribution in [-0.4, -0.2) is 37.5 Å². The van der Waals surface area contributed by atoms with Crippen molar-refractivity contribution in [3.05, 3.63) is 59.4 Å². The summed E-state index contributed by atoms with van der Waals surface area (Å²) in [6.45, 7) is 5.27. The van der Waals surface area contributed by atoms with Crippen LogP contribution in [0.3, 0.4) is 0 Å². The first-order valence-electron chi connectivity index (χ1n) is 9.05. The Balaban J connectivity index is 1.69. The van der Waals surface area contributed by atoms with E-state index in [4.69, 9.17) is 4.74 Å². The molecule has 3 rings (SSSR count). The van der Waals surface area contributed by atoms with Crippen molar-refractivity contribution in [1.29, 1.82) is 0 Å². The molecule has 0 spiro atoms. The Morgan fingerprint density at radius 1 is 1.19 bits per heavy atom. The van der Waals surface area contributed by atoms with Gasteiger partial charge < -0.3 is 15.0 Å². The molecular weight excluding hydrogens is 363 g/mol. The number of ether oxygens (including phenoxy) is 1. The summed E-state index contributed by atoms with van der Waals surface area (Å²) in [5.74, 6) is 0.323. The number of carbonyl (C=O) groups excluding carboxylic acids is 1. The smallest absolute Gasteiger partial charge is 0.255 e. The average molecular weight is 389 g/mol. The van der Waals surface area contributed by atoms with Gasteiger partial charge in [0, 0.05) is 30.1 Å². The lowest BCUT2D eigenvalue weighted by Gasteiger charge is -2.37. The molecule has 1 heterocycles. The van der Waals surface area contributed by atoms with Crippen LogP contribution in [0.1, 0.15) is 29.8 Å². The number of hydrogen-bond donors (Lipinski definition) is 1. The number of amides is 1. The molecule has 1 aliphatic heterocycles. The normalized spacial score (nSPS) is 19.8. The van der Waals surface area contributed by atoms with Gasteiger partial charge in [0.2, 0.25) is 0 Å². The molecule has 1 saturated heterocycles. The van der Waals surface area contributed by atoms with E-state index in [0.29, 0.717) is 30.0 Å². The van der Waals surface area contributed by atoms with Gasteiger partial charge in [-0.25, -0.2) is 4.39 Å². The number of benzene rings is 2. The molecular formula is C21H25FN2O2S. The number of thioether (sulfide) groups is 1. The molecule has 0 bridgehead atoms. The number of nitrogens with zero attached hydrogens (tertiary/aromatic N) is 1. The number of carbonyl (C=O) groups is 1. The van der Waals surface area contributed by atoms with Gasteiger partial charge >= 0.3 is 0 Å². The van der Waals surface area contributed by atoms with E-state index >= 15 is 0 Å². The molecule has 4 nitrogen and oxygen atoms in total. The van der Waals surface area contributed by atoms with Gasteiger partial charge in [0.1, 0.15) is 5.82 Å². The van der Waals surface area contributed by atoms with Crippen molar-refractivity contribution in [2.45, 2.75) is 31.8 Å². The first-order valence-corrected chi connectivity index (χ1v) is 10.4. The fourth-order valence-corrected chi connectivity index (χ4v) is 3.86. The molecule has 0 aromatic heterocycles. The highest BCUT2D eigenvalue weighted by atomic mass is 32.2. The largest absolute Gasteiger partial charge is 0.372 e. The van der Waals surface area contributed by atoms with Crippen molar-refractivity contribution in [3.8, 4) is 0 Å². The first kappa shape index (κ1) is 19.7. The zero-order chi connectivity index (χ0) is 19.4. The van der Waals surface area contributed by atoms with E-state index in [9.17, 15) is 9.18 Å². The molecule has 144 valence electrons. The van der Waals surface area contributed by atoms with Crippen LogP contribution in [0.25, 0.3) is 0 Å². The number of halogens is 1. The number of anilines is 2. The Bertz CT molecular complexity index is 787. The monoisotopic (exact) mass is 388 g/mol. The number of hydrogen-bond acceptors (Lipinski definition) is 4. The zero-order valence-corrected chi connectivity index (χ0v) is 16.7. The van der Waals surface area contributed by atoms with Crippen molar-refractivity contribution in [3.63, 3.8) is 0 Å². The van der Waals surface area contributed by atoms with Crippen molar-refractivity contribution in [2.75, 3.05) is 29.6 Å². The van der Waals surface area contributed by atoms with Crippen LogP contribution in [0.4, 0.5) is 15.8 Å². The van der Waals surface area contributed by atoms with E-state index < -0.39 is 0 Å². The lowest BCUT2D eigenvalue weighted by molar-refractivity contribution is -0.00539. The second-order valence-electron chi connectivity index (χ2n) is 6.91. The standard InChI is InChI=1S/C21H25FN2O2S/c1-14-11-24(12-15(2)26-14)20-9-8-18(10-19(20)22)23-21(25)17-6-4-16(5-7-17)13-27-3/h4-10,14-15H,11-13H2,1-3H3,(H,23,25). The second-order valence-corrected chi connectivity index (χ2v) is 7.78. The molecule has 27 heavy (non-hydrogen) atoms. The third kappa shape index (κ3) is 5.02. The van der Waals surface area contributed by atoms with Gasteiger partial charge in [-0.3, -0.25) is 4.79 Å². The topological polar surface area (TPSA) is 41.6 Å². The second kappa shape index (κ2) is 8.76. The fourth-order valence-electron chi connectivity index (χ4n) is 3.34. The van der Waals surface area contributed by atoms with E-state index in [0.717, 1.165) is 5.75 Å². The molecule has 6 heteroatoms. The minimum atomic E-state index is -0.343. The highest BCUT2D eigenvalue weighted by Crippen LogP contribution is 2.26. The lowest BCUT2D eigenvalue weighted by atomic mass is 10.1. The Kier molecular flexibility index (Phi) is 6.39. The summed E-state index contributed by atoms with van der Waals surface area (Å²) in [5.41, 5.74) is 2.71. The molecule has 2 atom stereocenters. The quantitative estimate of drug-likeness (QED) is 0.816. The molecule has 0 aliphatic carbocycles. The molecule has 0 radical (unpaired) electrons. The maximum absolute atomic E-state index is 14.6. The third-order valence-electron chi connectivity index (χ3n) is 4.49. The SMILES string of the molecule is CSCc1ccc(C(=O)Nc2ccc(N3CC(C)OC(C)C3)c(F)c2)cc1. The first-order chi connectivity index (χ1) is 13.0. The maximum Gasteiger partial charge on any atom is 0.255 e. The van der Waals surface area contributed by atoms with E-state index in [1.165, 1.54) is 11.6 Å². The van der Waals surface area contributed by atoms with Crippen LogP contribution in [-0.2, 0) is 10.5 Å². The summed E-state index contributed by atoms with van der Waals surface area (Å²) >= 11 is 1.73. The molecule has 1 aliphatic rings. The van der Waals surface area contributed by atoms with Crippen LogP contribution in [0, 0.1) is 5.82 Å². The van der Waals surface area contributed by atoms with E-state index in [-0.39, 0.29) is 23.9 Å². The van der Waals surface area contributed by atoms with Gasteiger partial charge in [0.15, 0.2) is 0 Å². The third-order valence-corrected chi connectivity index (χ3v) is 5.11. The van der Waals surface area contributed by atoms with Crippen molar-refractivity contribution >= 4 is 29.0 Å². The van der Waals surface area contributed by atoms with Gasteiger partial charge in [-0.1, -0.05) is 12.1 Å². The summed E-state index contributed by atoms with van der Waals surface area (Å²) in [6.07, 6.45) is 2.15. The highest BCUT2D eigenvalue weighted by molar-refractivity contribution is 7.97. The van der Waals surface area contributed by atoms with Crippen LogP contribution in [0.2, 0.25) is 0 Å². The zero-order valence-electron chi connectivity index (χ0n) is 15.9. The van der Waals surface area contributed by atoms with Gasteiger partial charge in [-0.2, -0.15) is 11.8 Å². The molecule has 2 unspecified atom stereocenters. The number of nitrogens with one attached hydrogen (secondary N) is 1. The summed E-state index contributed by atoms with van der Waals surface area (Å²) in [6, 6.07) is 12.3. The van der Waals surface area contributed by atoms with Crippen LogP contribution in [0.15, 0.2) is 42.5 Å². The summed E-state index contributed by atoms with van der Waals surface area (Å²) < 4.78 is 20.3. The van der Waals surface area contributed by atoms with Crippen molar-refractivity contribution in [1.82, 2.24) is 0 Å². The molecule has 1 amide bonds. The Morgan fingerprint density at radius 3 is 2.44 bits per heavy atom.